The monoisotopic (exact) mass is 229 g/mol. The fourth-order valence-corrected chi connectivity index (χ4v) is 2.08. The minimum atomic E-state index is -0.103. The topological polar surface area (TPSA) is 21.3 Å². The van der Waals surface area contributed by atoms with Crippen LogP contribution in [-0.4, -0.2) is 25.8 Å². The maximum atomic E-state index is 6.22. The highest BCUT2D eigenvalue weighted by Gasteiger charge is 2.47. The second-order valence-corrected chi connectivity index (χ2v) is 6.84. The lowest BCUT2D eigenvalue weighted by atomic mass is 9.63. The van der Waals surface area contributed by atoms with Gasteiger partial charge >= 0.3 is 0 Å². The molecule has 0 saturated heterocycles. The molecule has 0 aromatic rings. The molecule has 1 N–H and O–H groups in total. The van der Waals surface area contributed by atoms with E-state index in [0.717, 1.165) is 19.6 Å². The van der Waals surface area contributed by atoms with Crippen LogP contribution in [0.2, 0.25) is 0 Å². The Kier molecular flexibility index (Phi) is 5.48. The lowest BCUT2D eigenvalue weighted by Crippen LogP contribution is -2.53. The predicted octanol–water partition coefficient (Wildman–Crippen LogP) is 3.46. The standard InChI is InChI=1S/C14H31NO/c1-12(2,3)14(7,13(4,5)6)16-11-9-10-15-8/h15H,9-11H2,1-8H3. The fourth-order valence-electron chi connectivity index (χ4n) is 2.08. The Labute approximate surface area is 102 Å². The van der Waals surface area contributed by atoms with Gasteiger partial charge in [0.2, 0.25) is 0 Å². The molecule has 0 aliphatic heterocycles. The second-order valence-electron chi connectivity index (χ2n) is 6.84. The second kappa shape index (κ2) is 5.50. The Hall–Kier alpha value is -0.0800. The van der Waals surface area contributed by atoms with Crippen molar-refractivity contribution < 1.29 is 4.74 Å². The van der Waals surface area contributed by atoms with Crippen molar-refractivity contribution in [1.82, 2.24) is 5.32 Å². The third kappa shape index (κ3) is 3.74. The molecule has 0 aliphatic rings. The molecule has 2 nitrogen and oxygen atoms in total. The molecule has 0 rings (SSSR count). The predicted molar refractivity (Wildman–Crippen MR) is 71.8 cm³/mol. The van der Waals surface area contributed by atoms with Crippen LogP contribution in [0.1, 0.15) is 54.9 Å². The molecule has 0 amide bonds. The molecule has 0 saturated carbocycles. The van der Waals surface area contributed by atoms with Gasteiger partial charge in [0, 0.05) is 6.61 Å². The summed E-state index contributed by atoms with van der Waals surface area (Å²) < 4.78 is 6.22. The molecule has 0 unspecified atom stereocenters. The van der Waals surface area contributed by atoms with E-state index < -0.39 is 0 Å². The molecule has 0 bridgehead atoms. The largest absolute Gasteiger partial charge is 0.374 e. The summed E-state index contributed by atoms with van der Waals surface area (Å²) in [7, 11) is 1.98. The Bertz CT molecular complexity index is 184. The average Bonchev–Trinajstić information content (AvgIpc) is 2.08. The van der Waals surface area contributed by atoms with Gasteiger partial charge in [-0.25, -0.2) is 0 Å². The van der Waals surface area contributed by atoms with Gasteiger partial charge in [-0.05, 0) is 37.8 Å². The maximum absolute atomic E-state index is 6.22. The van der Waals surface area contributed by atoms with E-state index in [2.05, 4.69) is 53.8 Å². The van der Waals surface area contributed by atoms with Crippen molar-refractivity contribution in [3.05, 3.63) is 0 Å². The molecular formula is C14H31NO. The molecule has 0 aromatic carbocycles. The number of ether oxygens (including phenoxy) is 1. The molecular weight excluding hydrogens is 198 g/mol. The number of rotatable bonds is 5. The first kappa shape index (κ1) is 15.9. The lowest BCUT2D eigenvalue weighted by molar-refractivity contribution is -0.168. The van der Waals surface area contributed by atoms with E-state index in [4.69, 9.17) is 4.74 Å². The van der Waals surface area contributed by atoms with Gasteiger partial charge in [0.05, 0.1) is 5.60 Å². The van der Waals surface area contributed by atoms with Gasteiger partial charge in [-0.15, -0.1) is 0 Å². The fraction of sp³-hybridized carbons (Fsp3) is 1.00. The Balaban J connectivity index is 4.59. The van der Waals surface area contributed by atoms with Gasteiger partial charge in [-0.1, -0.05) is 41.5 Å². The summed E-state index contributed by atoms with van der Waals surface area (Å²) in [5.41, 5.74) is 0.184. The molecule has 2 heteroatoms. The van der Waals surface area contributed by atoms with Crippen LogP contribution in [0.3, 0.4) is 0 Å². The zero-order valence-electron chi connectivity index (χ0n) is 12.5. The summed E-state index contributed by atoms with van der Waals surface area (Å²) in [5.74, 6) is 0. The summed E-state index contributed by atoms with van der Waals surface area (Å²) in [6.45, 7) is 17.6. The first-order valence-corrected chi connectivity index (χ1v) is 6.35. The molecule has 0 heterocycles. The molecule has 0 spiro atoms. The van der Waals surface area contributed by atoms with Crippen LogP contribution in [0.15, 0.2) is 0 Å². The van der Waals surface area contributed by atoms with Crippen molar-refractivity contribution in [2.45, 2.75) is 60.5 Å². The maximum Gasteiger partial charge on any atom is 0.0750 e. The third-order valence-corrected chi connectivity index (χ3v) is 3.82. The van der Waals surface area contributed by atoms with Crippen molar-refractivity contribution in [1.29, 1.82) is 0 Å². The molecule has 0 radical (unpaired) electrons. The van der Waals surface area contributed by atoms with Crippen LogP contribution in [0.25, 0.3) is 0 Å². The molecule has 16 heavy (non-hydrogen) atoms. The third-order valence-electron chi connectivity index (χ3n) is 3.82. The average molecular weight is 229 g/mol. The summed E-state index contributed by atoms with van der Waals surface area (Å²) in [4.78, 5) is 0. The van der Waals surface area contributed by atoms with E-state index >= 15 is 0 Å². The highest BCUT2D eigenvalue weighted by molar-refractivity contribution is 4.97. The van der Waals surface area contributed by atoms with Crippen LogP contribution in [0, 0.1) is 10.8 Å². The van der Waals surface area contributed by atoms with Crippen molar-refractivity contribution >= 4 is 0 Å². The van der Waals surface area contributed by atoms with Crippen molar-refractivity contribution in [2.75, 3.05) is 20.2 Å². The molecule has 0 aliphatic carbocycles. The van der Waals surface area contributed by atoms with Crippen LogP contribution < -0.4 is 5.32 Å². The van der Waals surface area contributed by atoms with Crippen molar-refractivity contribution in [2.24, 2.45) is 10.8 Å². The van der Waals surface area contributed by atoms with E-state index in [9.17, 15) is 0 Å². The van der Waals surface area contributed by atoms with Gasteiger partial charge in [0.25, 0.3) is 0 Å². The minimum Gasteiger partial charge on any atom is -0.374 e. The van der Waals surface area contributed by atoms with Gasteiger partial charge in [0.15, 0.2) is 0 Å². The van der Waals surface area contributed by atoms with E-state index in [0.29, 0.717) is 0 Å². The quantitative estimate of drug-likeness (QED) is 0.729. The van der Waals surface area contributed by atoms with E-state index in [-0.39, 0.29) is 16.4 Å². The minimum absolute atomic E-state index is 0.103. The van der Waals surface area contributed by atoms with Crippen LogP contribution in [-0.2, 0) is 4.74 Å². The van der Waals surface area contributed by atoms with Gasteiger partial charge in [-0.2, -0.15) is 0 Å². The smallest absolute Gasteiger partial charge is 0.0750 e. The zero-order valence-corrected chi connectivity index (χ0v) is 12.5. The van der Waals surface area contributed by atoms with Gasteiger partial charge < -0.3 is 10.1 Å². The highest BCUT2D eigenvalue weighted by atomic mass is 16.5. The van der Waals surface area contributed by atoms with Gasteiger partial charge in [0.1, 0.15) is 0 Å². The molecule has 0 aromatic heterocycles. The summed E-state index contributed by atoms with van der Waals surface area (Å²) in [5, 5.41) is 3.15. The van der Waals surface area contributed by atoms with Gasteiger partial charge in [-0.3, -0.25) is 0 Å². The normalized spacial score (nSPS) is 14.2. The van der Waals surface area contributed by atoms with Crippen molar-refractivity contribution in [3.8, 4) is 0 Å². The number of nitrogens with one attached hydrogen (secondary N) is 1. The molecule has 0 fully saturated rings. The van der Waals surface area contributed by atoms with Crippen LogP contribution in [0.4, 0.5) is 0 Å². The Morgan fingerprint density at radius 3 is 1.62 bits per heavy atom. The van der Waals surface area contributed by atoms with E-state index in [1.165, 1.54) is 0 Å². The zero-order chi connectivity index (χ0) is 13.0. The van der Waals surface area contributed by atoms with Crippen LogP contribution in [0.5, 0.6) is 0 Å². The summed E-state index contributed by atoms with van der Waals surface area (Å²) in [6.07, 6.45) is 1.07. The van der Waals surface area contributed by atoms with Crippen LogP contribution >= 0.6 is 0 Å². The first-order valence-electron chi connectivity index (χ1n) is 6.35. The SMILES string of the molecule is CNCCCOC(C)(C(C)(C)C)C(C)(C)C. The molecule has 0 atom stereocenters. The first-order chi connectivity index (χ1) is 7.06. The number of hydrogen-bond donors (Lipinski definition) is 1. The summed E-state index contributed by atoms with van der Waals surface area (Å²) >= 11 is 0. The van der Waals surface area contributed by atoms with Crippen molar-refractivity contribution in [3.63, 3.8) is 0 Å². The lowest BCUT2D eigenvalue weighted by Gasteiger charge is -2.51. The Morgan fingerprint density at radius 2 is 1.31 bits per heavy atom. The number of hydrogen-bond acceptors (Lipinski definition) is 2. The molecule has 98 valence electrons. The Morgan fingerprint density at radius 1 is 0.875 bits per heavy atom. The summed E-state index contributed by atoms with van der Waals surface area (Å²) in [6, 6.07) is 0. The highest BCUT2D eigenvalue weighted by Crippen LogP contribution is 2.46. The van der Waals surface area contributed by atoms with E-state index in [1.807, 2.05) is 7.05 Å². The van der Waals surface area contributed by atoms with E-state index in [1.54, 1.807) is 0 Å².